The fourth-order valence-electron chi connectivity index (χ4n) is 2.80. The first-order valence-corrected chi connectivity index (χ1v) is 7.70. The van der Waals surface area contributed by atoms with Gasteiger partial charge in [0.1, 0.15) is 0 Å². The van der Waals surface area contributed by atoms with E-state index in [1.54, 1.807) is 0 Å². The zero-order valence-electron chi connectivity index (χ0n) is 14.5. The molecule has 21 heavy (non-hydrogen) atoms. The molecule has 0 spiro atoms. The Labute approximate surface area is 140 Å². The Bertz CT molecular complexity index is 336. The summed E-state index contributed by atoms with van der Waals surface area (Å²) < 4.78 is 0. The van der Waals surface area contributed by atoms with Crippen LogP contribution in [0.3, 0.4) is 0 Å². The first-order valence-electron chi connectivity index (χ1n) is 7.70. The van der Waals surface area contributed by atoms with Gasteiger partial charge in [-0.1, -0.05) is 0 Å². The van der Waals surface area contributed by atoms with Crippen LogP contribution in [0.2, 0.25) is 0 Å². The van der Waals surface area contributed by atoms with Gasteiger partial charge in [-0.3, -0.25) is 9.98 Å². The molecule has 0 aromatic rings. The maximum Gasteiger partial charge on any atom is 2.00 e. The van der Waals surface area contributed by atoms with Crippen LogP contribution in [-0.2, 0) is 16.5 Å². The average Bonchev–Trinajstić information content (AvgIpc) is 2.28. The molecule has 0 aromatic heterocycles. The third-order valence-electron chi connectivity index (χ3n) is 3.59. The Hall–Kier alpha value is -0.246. The van der Waals surface area contributed by atoms with Crippen molar-refractivity contribution in [1.29, 1.82) is 0 Å². The van der Waals surface area contributed by atoms with Crippen molar-refractivity contribution < 1.29 is 16.5 Å². The summed E-state index contributed by atoms with van der Waals surface area (Å²) in [6, 6.07) is 0. The maximum atomic E-state index is 4.68. The van der Waals surface area contributed by atoms with E-state index in [0.717, 1.165) is 39.0 Å². The summed E-state index contributed by atoms with van der Waals surface area (Å²) in [7, 11) is 0. The van der Waals surface area contributed by atoms with Crippen molar-refractivity contribution in [3.63, 3.8) is 0 Å². The second-order valence-corrected chi connectivity index (χ2v) is 7.21. The van der Waals surface area contributed by atoms with Gasteiger partial charge in [-0.2, -0.15) is 0 Å². The smallest absolute Gasteiger partial charge is 0.310 e. The van der Waals surface area contributed by atoms with Crippen molar-refractivity contribution in [1.82, 2.24) is 10.6 Å². The Morgan fingerprint density at radius 2 is 1.10 bits per heavy atom. The van der Waals surface area contributed by atoms with Gasteiger partial charge in [0, 0.05) is 48.4 Å². The number of rotatable bonds is 0. The molecule has 1 aliphatic heterocycles. The third kappa shape index (κ3) is 9.39. The van der Waals surface area contributed by atoms with Crippen LogP contribution in [0.25, 0.3) is 0 Å². The first kappa shape index (κ1) is 20.8. The molecule has 0 amide bonds. The van der Waals surface area contributed by atoms with Gasteiger partial charge in [0.2, 0.25) is 0 Å². The van der Waals surface area contributed by atoms with Crippen LogP contribution in [0.5, 0.6) is 0 Å². The minimum absolute atomic E-state index is 0. The van der Waals surface area contributed by atoms with Gasteiger partial charge >= 0.3 is 16.5 Å². The number of nitrogens with one attached hydrogen (secondary N) is 2. The van der Waals surface area contributed by atoms with E-state index < -0.39 is 0 Å². The summed E-state index contributed by atoms with van der Waals surface area (Å²) >= 11 is 0. The van der Waals surface area contributed by atoms with Gasteiger partial charge < -0.3 is 10.6 Å². The number of hydrogen-bond donors (Lipinski definition) is 2. The quantitative estimate of drug-likeness (QED) is 0.666. The van der Waals surface area contributed by atoms with E-state index in [2.05, 4.69) is 62.2 Å². The zero-order valence-corrected chi connectivity index (χ0v) is 15.4. The zero-order chi connectivity index (χ0) is 15.2. The van der Waals surface area contributed by atoms with E-state index in [1.165, 1.54) is 11.4 Å². The molecule has 1 heterocycles. The molecule has 0 aliphatic carbocycles. The molecule has 4 nitrogen and oxygen atoms in total. The molecule has 0 fully saturated rings. The summed E-state index contributed by atoms with van der Waals surface area (Å²) in [6.07, 6.45) is 1.97. The molecule has 0 saturated heterocycles. The third-order valence-corrected chi connectivity index (χ3v) is 3.59. The molecule has 0 bridgehead atoms. The minimum Gasteiger partial charge on any atom is -0.310 e. The average molecular weight is 339 g/mol. The van der Waals surface area contributed by atoms with Gasteiger partial charge in [-0.25, -0.2) is 0 Å². The van der Waals surface area contributed by atoms with Crippen molar-refractivity contribution in [3.05, 3.63) is 0 Å². The second kappa shape index (κ2) is 9.02. The van der Waals surface area contributed by atoms with Crippen LogP contribution in [0.1, 0.15) is 54.4 Å². The number of nitrogens with zero attached hydrogens (tertiary/aromatic N) is 2. The molecule has 1 rings (SSSR count). The normalized spacial score (nSPS) is 24.1. The standard InChI is InChI=1S/C16H32N4.Ni/c1-13-11-15(3,4)19-10-8-18-14(2)12-16(5,6)20-9-7-17-13;/h19-20H,7-12H2,1-6H3;/q;+2. The molecular formula is C16H32N4Ni+2. The summed E-state index contributed by atoms with van der Waals surface area (Å²) in [5, 5.41) is 7.16. The van der Waals surface area contributed by atoms with Crippen molar-refractivity contribution in [2.24, 2.45) is 9.98 Å². The summed E-state index contributed by atoms with van der Waals surface area (Å²) in [6.45, 7) is 16.7. The van der Waals surface area contributed by atoms with Gasteiger partial charge in [0.15, 0.2) is 0 Å². The maximum absolute atomic E-state index is 4.68. The minimum atomic E-state index is 0. The van der Waals surface area contributed by atoms with Crippen LogP contribution in [-0.4, -0.2) is 48.7 Å². The van der Waals surface area contributed by atoms with E-state index in [1.807, 2.05) is 0 Å². The van der Waals surface area contributed by atoms with Crippen LogP contribution in [0.15, 0.2) is 9.98 Å². The predicted molar refractivity (Wildman–Crippen MR) is 89.3 cm³/mol. The van der Waals surface area contributed by atoms with E-state index in [9.17, 15) is 0 Å². The Morgan fingerprint density at radius 1 is 0.762 bits per heavy atom. The Morgan fingerprint density at radius 3 is 1.43 bits per heavy atom. The van der Waals surface area contributed by atoms with Gasteiger partial charge in [-0.15, -0.1) is 0 Å². The van der Waals surface area contributed by atoms with Crippen molar-refractivity contribution in [2.75, 3.05) is 26.2 Å². The Balaban J connectivity index is 0.00000400. The van der Waals surface area contributed by atoms with E-state index in [-0.39, 0.29) is 27.6 Å². The molecule has 5 heteroatoms. The van der Waals surface area contributed by atoms with Crippen LogP contribution in [0.4, 0.5) is 0 Å². The van der Waals surface area contributed by atoms with E-state index >= 15 is 0 Å². The largest absolute Gasteiger partial charge is 2.00 e. The summed E-state index contributed by atoms with van der Waals surface area (Å²) in [5.74, 6) is 0. The van der Waals surface area contributed by atoms with Gasteiger partial charge in [-0.05, 0) is 41.5 Å². The van der Waals surface area contributed by atoms with Gasteiger partial charge in [0.05, 0.1) is 13.1 Å². The van der Waals surface area contributed by atoms with E-state index in [0.29, 0.717) is 0 Å². The van der Waals surface area contributed by atoms with Crippen molar-refractivity contribution >= 4 is 11.4 Å². The SMILES string of the molecule is CC1=NCCNC(C)(C)CC(C)=NCCNC(C)(C)C1.[Ni+2]. The number of aliphatic imine (C=N–C) groups is 2. The molecule has 0 saturated carbocycles. The first-order chi connectivity index (χ1) is 9.20. The van der Waals surface area contributed by atoms with Gasteiger partial charge in [0.25, 0.3) is 0 Å². The summed E-state index contributed by atoms with van der Waals surface area (Å²) in [4.78, 5) is 9.35. The molecular weight excluding hydrogens is 307 g/mol. The van der Waals surface area contributed by atoms with Crippen molar-refractivity contribution in [2.45, 2.75) is 65.5 Å². The van der Waals surface area contributed by atoms with E-state index in [4.69, 9.17) is 0 Å². The van der Waals surface area contributed by atoms with Crippen LogP contribution < -0.4 is 10.6 Å². The molecule has 1 aliphatic rings. The second-order valence-electron chi connectivity index (χ2n) is 7.21. The molecule has 0 atom stereocenters. The number of hydrogen-bond acceptors (Lipinski definition) is 4. The van der Waals surface area contributed by atoms with Crippen LogP contribution >= 0.6 is 0 Å². The fourth-order valence-corrected chi connectivity index (χ4v) is 2.80. The monoisotopic (exact) mass is 338 g/mol. The molecule has 0 unspecified atom stereocenters. The molecule has 0 radical (unpaired) electrons. The topological polar surface area (TPSA) is 48.8 Å². The summed E-state index contributed by atoms with van der Waals surface area (Å²) in [5.41, 5.74) is 2.62. The van der Waals surface area contributed by atoms with Crippen LogP contribution in [0, 0.1) is 0 Å². The fraction of sp³-hybridized carbons (Fsp3) is 0.875. The molecule has 2 N–H and O–H groups in total. The predicted octanol–water partition coefficient (Wildman–Crippen LogP) is 2.44. The molecule has 0 aromatic carbocycles. The van der Waals surface area contributed by atoms with Crippen molar-refractivity contribution in [3.8, 4) is 0 Å². The molecule has 124 valence electrons. The Kier molecular flexibility index (Phi) is 8.91.